The minimum absolute atomic E-state index is 0.201. The van der Waals surface area contributed by atoms with E-state index >= 15 is 0 Å². The molecule has 27 heavy (non-hydrogen) atoms. The molecule has 0 fully saturated rings. The Morgan fingerprint density at radius 1 is 1.00 bits per heavy atom. The summed E-state index contributed by atoms with van der Waals surface area (Å²) in [6.07, 6.45) is 0. The second-order valence-corrected chi connectivity index (χ2v) is 6.23. The lowest BCUT2D eigenvalue weighted by atomic mass is 10.0. The molecule has 0 atom stereocenters. The van der Waals surface area contributed by atoms with Crippen LogP contribution >= 0.6 is 0 Å². The topological polar surface area (TPSA) is 67.9 Å². The second kappa shape index (κ2) is 8.05. The SMILES string of the molecule is COCCN1C(=O)C(Nc2cccc(C)c2)=C(c2ccc(OC)cc2)C1=O. The number of ether oxygens (including phenoxy) is 2. The van der Waals surface area contributed by atoms with E-state index in [2.05, 4.69) is 5.32 Å². The van der Waals surface area contributed by atoms with Crippen molar-refractivity contribution >= 4 is 23.1 Å². The van der Waals surface area contributed by atoms with Crippen LogP contribution in [0, 0.1) is 6.92 Å². The predicted molar refractivity (Wildman–Crippen MR) is 103 cm³/mol. The molecule has 2 amide bonds. The molecule has 3 rings (SSSR count). The molecule has 0 saturated heterocycles. The number of hydrogen-bond acceptors (Lipinski definition) is 5. The molecule has 1 N–H and O–H groups in total. The maximum atomic E-state index is 13.0. The second-order valence-electron chi connectivity index (χ2n) is 6.23. The van der Waals surface area contributed by atoms with Crippen LogP contribution in [0.4, 0.5) is 5.69 Å². The van der Waals surface area contributed by atoms with Crippen LogP contribution in [0.5, 0.6) is 5.75 Å². The smallest absolute Gasteiger partial charge is 0.278 e. The van der Waals surface area contributed by atoms with Crippen LogP contribution in [0.1, 0.15) is 11.1 Å². The van der Waals surface area contributed by atoms with Gasteiger partial charge in [-0.15, -0.1) is 0 Å². The normalized spacial score (nSPS) is 14.1. The minimum atomic E-state index is -0.357. The van der Waals surface area contributed by atoms with Crippen LogP contribution in [0.15, 0.2) is 54.2 Å². The zero-order valence-electron chi connectivity index (χ0n) is 15.6. The Balaban J connectivity index is 2.03. The molecule has 2 aromatic rings. The number of carbonyl (C=O) groups is 2. The number of hydrogen-bond donors (Lipinski definition) is 1. The Morgan fingerprint density at radius 2 is 1.74 bits per heavy atom. The Morgan fingerprint density at radius 3 is 2.37 bits per heavy atom. The van der Waals surface area contributed by atoms with Crippen molar-refractivity contribution in [1.29, 1.82) is 0 Å². The van der Waals surface area contributed by atoms with Gasteiger partial charge >= 0.3 is 0 Å². The van der Waals surface area contributed by atoms with E-state index in [1.807, 2.05) is 31.2 Å². The van der Waals surface area contributed by atoms with Crippen LogP contribution in [0.2, 0.25) is 0 Å². The Hall–Kier alpha value is -3.12. The van der Waals surface area contributed by atoms with E-state index in [4.69, 9.17) is 9.47 Å². The fraction of sp³-hybridized carbons (Fsp3) is 0.238. The van der Waals surface area contributed by atoms with Gasteiger partial charge in [0.25, 0.3) is 11.8 Å². The number of carbonyl (C=O) groups excluding carboxylic acids is 2. The molecule has 2 aromatic carbocycles. The molecule has 6 nitrogen and oxygen atoms in total. The van der Waals surface area contributed by atoms with E-state index in [-0.39, 0.29) is 30.7 Å². The summed E-state index contributed by atoms with van der Waals surface area (Å²) in [6, 6.07) is 14.7. The van der Waals surface area contributed by atoms with Crippen LogP contribution in [0.25, 0.3) is 5.57 Å². The highest BCUT2D eigenvalue weighted by Gasteiger charge is 2.38. The van der Waals surface area contributed by atoms with Gasteiger partial charge in [0.15, 0.2) is 0 Å². The van der Waals surface area contributed by atoms with Gasteiger partial charge in [-0.05, 0) is 42.3 Å². The van der Waals surface area contributed by atoms with Gasteiger partial charge in [0.1, 0.15) is 11.4 Å². The predicted octanol–water partition coefficient (Wildman–Crippen LogP) is 2.84. The largest absolute Gasteiger partial charge is 0.497 e. The molecule has 0 unspecified atom stereocenters. The Labute approximate surface area is 158 Å². The first-order valence-electron chi connectivity index (χ1n) is 8.62. The monoisotopic (exact) mass is 366 g/mol. The number of imide groups is 1. The van der Waals surface area contributed by atoms with Crippen LogP contribution < -0.4 is 10.1 Å². The first-order chi connectivity index (χ1) is 13.0. The molecule has 0 saturated carbocycles. The van der Waals surface area contributed by atoms with Gasteiger partial charge in [0, 0.05) is 12.8 Å². The molecule has 0 aromatic heterocycles. The first-order valence-corrected chi connectivity index (χ1v) is 8.62. The van der Waals surface area contributed by atoms with Gasteiger partial charge in [-0.2, -0.15) is 0 Å². The van der Waals surface area contributed by atoms with E-state index in [9.17, 15) is 9.59 Å². The molecule has 0 aliphatic carbocycles. The average Bonchev–Trinajstić information content (AvgIpc) is 2.90. The molecule has 140 valence electrons. The van der Waals surface area contributed by atoms with Crippen molar-refractivity contribution < 1.29 is 19.1 Å². The Bertz CT molecular complexity index is 887. The number of amides is 2. The van der Waals surface area contributed by atoms with Crippen molar-refractivity contribution in [3.63, 3.8) is 0 Å². The summed E-state index contributed by atoms with van der Waals surface area (Å²) in [4.78, 5) is 27.1. The van der Waals surface area contributed by atoms with Gasteiger partial charge in [-0.1, -0.05) is 24.3 Å². The number of anilines is 1. The van der Waals surface area contributed by atoms with Crippen LogP contribution in [-0.2, 0) is 14.3 Å². The van der Waals surface area contributed by atoms with E-state index in [0.29, 0.717) is 16.9 Å². The summed E-state index contributed by atoms with van der Waals surface area (Å²) in [7, 11) is 3.12. The minimum Gasteiger partial charge on any atom is -0.497 e. The van der Waals surface area contributed by atoms with Gasteiger partial charge < -0.3 is 14.8 Å². The molecule has 1 heterocycles. The lowest BCUT2D eigenvalue weighted by Gasteiger charge is -2.14. The third kappa shape index (κ3) is 3.85. The van der Waals surface area contributed by atoms with Gasteiger partial charge in [0.2, 0.25) is 0 Å². The van der Waals surface area contributed by atoms with Crippen molar-refractivity contribution in [3.8, 4) is 5.75 Å². The summed E-state index contributed by atoms with van der Waals surface area (Å²) >= 11 is 0. The van der Waals surface area contributed by atoms with Crippen molar-refractivity contribution in [2.75, 3.05) is 32.7 Å². The summed E-state index contributed by atoms with van der Waals surface area (Å²) in [5.74, 6) is -0.0118. The number of methoxy groups -OCH3 is 2. The molecular formula is C21H22N2O4. The molecule has 0 bridgehead atoms. The van der Waals surface area contributed by atoms with Crippen LogP contribution in [-0.4, -0.2) is 44.1 Å². The van der Waals surface area contributed by atoms with E-state index in [0.717, 1.165) is 11.3 Å². The Kier molecular flexibility index (Phi) is 5.57. The quantitative estimate of drug-likeness (QED) is 0.763. The zero-order valence-corrected chi connectivity index (χ0v) is 15.6. The lowest BCUT2D eigenvalue weighted by molar-refractivity contribution is -0.137. The first kappa shape index (κ1) is 18.7. The van der Waals surface area contributed by atoms with E-state index in [1.165, 1.54) is 12.0 Å². The number of rotatable bonds is 7. The summed E-state index contributed by atoms with van der Waals surface area (Å²) in [5.41, 5.74) is 3.08. The standard InChI is InChI=1S/C21H22N2O4/c1-14-5-4-6-16(13-14)22-19-18(15-7-9-17(27-3)10-8-15)20(24)23(21(19)25)11-12-26-2/h4-10,13,22H,11-12H2,1-3H3. The number of nitrogens with zero attached hydrogens (tertiary/aromatic N) is 1. The maximum Gasteiger partial charge on any atom is 0.278 e. The van der Waals surface area contributed by atoms with E-state index < -0.39 is 0 Å². The number of nitrogens with one attached hydrogen (secondary N) is 1. The van der Waals surface area contributed by atoms with Gasteiger partial charge in [-0.3, -0.25) is 14.5 Å². The summed E-state index contributed by atoms with van der Waals surface area (Å²) in [6.45, 7) is 2.45. The average molecular weight is 366 g/mol. The highest BCUT2D eigenvalue weighted by atomic mass is 16.5. The summed E-state index contributed by atoms with van der Waals surface area (Å²) < 4.78 is 10.2. The van der Waals surface area contributed by atoms with Gasteiger partial charge in [0.05, 0.1) is 25.8 Å². The number of benzene rings is 2. The van der Waals surface area contributed by atoms with Crippen molar-refractivity contribution in [3.05, 3.63) is 65.4 Å². The van der Waals surface area contributed by atoms with Crippen molar-refractivity contribution in [1.82, 2.24) is 4.90 Å². The number of aryl methyl sites for hydroxylation is 1. The van der Waals surface area contributed by atoms with Gasteiger partial charge in [-0.25, -0.2) is 0 Å². The fourth-order valence-corrected chi connectivity index (χ4v) is 2.97. The molecule has 0 spiro atoms. The third-order valence-corrected chi connectivity index (χ3v) is 4.35. The molecule has 1 aliphatic heterocycles. The van der Waals surface area contributed by atoms with Crippen molar-refractivity contribution in [2.45, 2.75) is 6.92 Å². The van der Waals surface area contributed by atoms with Crippen molar-refractivity contribution in [2.24, 2.45) is 0 Å². The molecule has 0 radical (unpaired) electrons. The third-order valence-electron chi connectivity index (χ3n) is 4.35. The van der Waals surface area contributed by atoms with Crippen LogP contribution in [0.3, 0.4) is 0 Å². The molecule has 6 heteroatoms. The maximum absolute atomic E-state index is 13.0. The zero-order chi connectivity index (χ0) is 19.4. The highest BCUT2D eigenvalue weighted by molar-refractivity contribution is 6.36. The highest BCUT2D eigenvalue weighted by Crippen LogP contribution is 2.31. The molecule has 1 aliphatic rings. The lowest BCUT2D eigenvalue weighted by Crippen LogP contribution is -2.35. The molecular weight excluding hydrogens is 344 g/mol. The fourth-order valence-electron chi connectivity index (χ4n) is 2.97. The van der Waals surface area contributed by atoms with E-state index in [1.54, 1.807) is 31.4 Å². The summed E-state index contributed by atoms with van der Waals surface area (Å²) in [5, 5.41) is 3.14.